The minimum atomic E-state index is -0.492. The summed E-state index contributed by atoms with van der Waals surface area (Å²) in [6.07, 6.45) is 1.30. The van der Waals surface area contributed by atoms with Gasteiger partial charge in [0.05, 0.1) is 6.54 Å². The Morgan fingerprint density at radius 3 is 2.35 bits per heavy atom. The Balaban J connectivity index is 2.53. The van der Waals surface area contributed by atoms with E-state index in [2.05, 4.69) is 4.98 Å². The van der Waals surface area contributed by atoms with Crippen molar-refractivity contribution in [3.8, 4) is 0 Å². The monoisotopic (exact) mass is 270 g/mol. The van der Waals surface area contributed by atoms with Gasteiger partial charge in [0.2, 0.25) is 0 Å². The van der Waals surface area contributed by atoms with Gasteiger partial charge in [-0.3, -0.25) is 9.36 Å². The van der Waals surface area contributed by atoms with E-state index in [9.17, 15) is 9.59 Å². The Morgan fingerprint density at radius 1 is 1.12 bits per heavy atom. The second kappa shape index (κ2) is 4.77. The average Bonchev–Trinajstić information content (AvgIpc) is 2.27. The van der Waals surface area contributed by atoms with E-state index < -0.39 is 11.2 Å². The molecule has 0 saturated heterocycles. The predicted octanol–water partition coefficient (Wildman–Crippen LogP) is 1.89. The lowest BCUT2D eigenvalue weighted by Gasteiger charge is -2.07. The van der Waals surface area contributed by atoms with Crippen molar-refractivity contribution in [3.05, 3.63) is 66.9 Å². The number of rotatable bonds is 2. The van der Waals surface area contributed by atoms with Gasteiger partial charge >= 0.3 is 5.69 Å². The molecular weight excluding hydrogens is 263 g/mol. The third kappa shape index (κ3) is 2.43. The lowest BCUT2D eigenvalue weighted by Crippen LogP contribution is -2.34. The maximum atomic E-state index is 11.5. The summed E-state index contributed by atoms with van der Waals surface area (Å²) in [5, 5.41) is 0.848. The number of hydrogen-bond donors (Lipinski definition) is 1. The smallest absolute Gasteiger partial charge is 0.314 e. The lowest BCUT2D eigenvalue weighted by atomic mass is 10.2. The standard InChI is InChI=1S/C11H8Cl2N2O2/c12-8-2-1-3-9(13)7(8)6-15-10(16)4-5-14-11(15)17/h1-5H,6H2,(H,14,17). The second-order valence-corrected chi connectivity index (χ2v) is 4.22. The molecule has 0 unspecified atom stereocenters. The summed E-state index contributed by atoms with van der Waals surface area (Å²) in [7, 11) is 0. The van der Waals surface area contributed by atoms with Gasteiger partial charge in [-0.05, 0) is 12.1 Å². The van der Waals surface area contributed by atoms with Crippen LogP contribution in [-0.4, -0.2) is 9.55 Å². The number of H-pyrrole nitrogens is 1. The SMILES string of the molecule is O=c1cc[nH]c(=O)n1Cc1c(Cl)cccc1Cl. The summed E-state index contributed by atoms with van der Waals surface area (Å²) in [4.78, 5) is 25.4. The Labute approximate surface area is 106 Å². The molecule has 88 valence electrons. The molecule has 6 heteroatoms. The van der Waals surface area contributed by atoms with Crippen molar-refractivity contribution in [1.29, 1.82) is 0 Å². The maximum Gasteiger partial charge on any atom is 0.328 e. The van der Waals surface area contributed by atoms with Crippen molar-refractivity contribution in [2.45, 2.75) is 6.54 Å². The van der Waals surface area contributed by atoms with E-state index in [4.69, 9.17) is 23.2 Å². The number of benzene rings is 1. The summed E-state index contributed by atoms with van der Waals surface area (Å²) >= 11 is 11.9. The van der Waals surface area contributed by atoms with Crippen LogP contribution in [0.2, 0.25) is 10.0 Å². The van der Waals surface area contributed by atoms with Crippen molar-refractivity contribution >= 4 is 23.2 Å². The van der Waals surface area contributed by atoms with E-state index in [-0.39, 0.29) is 6.54 Å². The van der Waals surface area contributed by atoms with Crippen LogP contribution in [0.25, 0.3) is 0 Å². The topological polar surface area (TPSA) is 54.9 Å². The van der Waals surface area contributed by atoms with Gasteiger partial charge in [-0.1, -0.05) is 29.3 Å². The number of halogens is 2. The van der Waals surface area contributed by atoms with Crippen molar-refractivity contribution in [3.63, 3.8) is 0 Å². The first-order chi connectivity index (χ1) is 8.09. The Kier molecular flexibility index (Phi) is 3.36. The van der Waals surface area contributed by atoms with Crippen LogP contribution < -0.4 is 11.2 Å². The molecule has 0 atom stereocenters. The van der Waals surface area contributed by atoms with Crippen molar-refractivity contribution in [2.24, 2.45) is 0 Å². The third-order valence-corrected chi connectivity index (χ3v) is 3.03. The molecule has 1 heterocycles. The van der Waals surface area contributed by atoms with Crippen LogP contribution in [0.15, 0.2) is 40.1 Å². The molecule has 2 rings (SSSR count). The second-order valence-electron chi connectivity index (χ2n) is 3.41. The van der Waals surface area contributed by atoms with Crippen LogP contribution in [0.5, 0.6) is 0 Å². The zero-order valence-electron chi connectivity index (χ0n) is 8.61. The summed E-state index contributed by atoms with van der Waals surface area (Å²) in [6.45, 7) is 0.0491. The Bertz CT molecular complexity index is 613. The van der Waals surface area contributed by atoms with Crippen molar-refractivity contribution in [1.82, 2.24) is 9.55 Å². The first-order valence-corrected chi connectivity index (χ1v) is 5.56. The zero-order valence-corrected chi connectivity index (χ0v) is 10.1. The summed E-state index contributed by atoms with van der Waals surface area (Å²) < 4.78 is 1.03. The molecule has 0 amide bonds. The lowest BCUT2D eigenvalue weighted by molar-refractivity contribution is 0.699. The fraction of sp³-hybridized carbons (Fsp3) is 0.0909. The fourth-order valence-corrected chi connectivity index (χ4v) is 1.96. The molecule has 1 N–H and O–H groups in total. The van der Waals surface area contributed by atoms with E-state index in [0.29, 0.717) is 15.6 Å². The Morgan fingerprint density at radius 2 is 1.76 bits per heavy atom. The molecule has 1 aromatic carbocycles. The number of hydrogen-bond acceptors (Lipinski definition) is 2. The normalized spacial score (nSPS) is 10.5. The minimum Gasteiger partial charge on any atom is -0.314 e. The van der Waals surface area contributed by atoms with Crippen LogP contribution in [-0.2, 0) is 6.54 Å². The predicted molar refractivity (Wildman–Crippen MR) is 66.9 cm³/mol. The number of aromatic amines is 1. The zero-order chi connectivity index (χ0) is 12.4. The highest BCUT2D eigenvalue weighted by Crippen LogP contribution is 2.24. The minimum absolute atomic E-state index is 0.0491. The highest BCUT2D eigenvalue weighted by molar-refractivity contribution is 6.35. The molecule has 4 nitrogen and oxygen atoms in total. The van der Waals surface area contributed by atoms with Gasteiger partial charge in [0.25, 0.3) is 5.56 Å². The molecule has 0 spiro atoms. The largest absolute Gasteiger partial charge is 0.328 e. The third-order valence-electron chi connectivity index (χ3n) is 2.32. The molecule has 0 bridgehead atoms. The molecule has 0 aliphatic carbocycles. The molecule has 0 saturated carbocycles. The number of nitrogens with one attached hydrogen (secondary N) is 1. The summed E-state index contributed by atoms with van der Waals surface area (Å²) in [5.74, 6) is 0. The molecule has 1 aromatic heterocycles. The molecule has 0 aliphatic heterocycles. The summed E-state index contributed by atoms with van der Waals surface area (Å²) in [6, 6.07) is 6.29. The Hall–Kier alpha value is -1.52. The maximum absolute atomic E-state index is 11.5. The highest BCUT2D eigenvalue weighted by atomic mass is 35.5. The van der Waals surface area contributed by atoms with Gasteiger partial charge in [0.1, 0.15) is 0 Å². The van der Waals surface area contributed by atoms with E-state index >= 15 is 0 Å². The molecular formula is C11H8Cl2N2O2. The van der Waals surface area contributed by atoms with Gasteiger partial charge in [-0.15, -0.1) is 0 Å². The molecule has 17 heavy (non-hydrogen) atoms. The molecule has 0 radical (unpaired) electrons. The van der Waals surface area contributed by atoms with Crippen molar-refractivity contribution in [2.75, 3.05) is 0 Å². The average molecular weight is 271 g/mol. The van der Waals surface area contributed by atoms with Gasteiger partial charge in [-0.2, -0.15) is 0 Å². The van der Waals surface area contributed by atoms with Crippen LogP contribution >= 0.6 is 23.2 Å². The van der Waals surface area contributed by atoms with E-state index in [1.807, 2.05) is 0 Å². The van der Waals surface area contributed by atoms with Gasteiger partial charge in [-0.25, -0.2) is 4.79 Å². The quantitative estimate of drug-likeness (QED) is 0.906. The van der Waals surface area contributed by atoms with E-state index in [0.717, 1.165) is 4.57 Å². The fourth-order valence-electron chi connectivity index (χ4n) is 1.44. The molecule has 0 fully saturated rings. The molecule has 2 aromatic rings. The van der Waals surface area contributed by atoms with E-state index in [1.165, 1.54) is 12.3 Å². The van der Waals surface area contributed by atoms with Crippen molar-refractivity contribution < 1.29 is 0 Å². The van der Waals surface area contributed by atoms with Crippen LogP contribution in [0.4, 0.5) is 0 Å². The summed E-state index contributed by atoms with van der Waals surface area (Å²) in [5.41, 5.74) is -0.340. The van der Waals surface area contributed by atoms with Gasteiger partial charge in [0.15, 0.2) is 0 Å². The van der Waals surface area contributed by atoms with Crippen LogP contribution in [0, 0.1) is 0 Å². The van der Waals surface area contributed by atoms with Crippen LogP contribution in [0.1, 0.15) is 5.56 Å². The highest BCUT2D eigenvalue weighted by Gasteiger charge is 2.08. The number of aromatic nitrogens is 2. The molecule has 0 aliphatic rings. The van der Waals surface area contributed by atoms with Crippen LogP contribution in [0.3, 0.4) is 0 Å². The first kappa shape index (κ1) is 12.0. The number of nitrogens with zero attached hydrogens (tertiary/aromatic N) is 1. The van der Waals surface area contributed by atoms with Gasteiger partial charge < -0.3 is 4.98 Å². The first-order valence-electron chi connectivity index (χ1n) is 4.81. The van der Waals surface area contributed by atoms with E-state index in [1.54, 1.807) is 18.2 Å². The van der Waals surface area contributed by atoms with Gasteiger partial charge in [0, 0.05) is 27.9 Å².